The normalized spacial score (nSPS) is 15.4. The van der Waals surface area contributed by atoms with E-state index in [1.807, 2.05) is 18.2 Å². The fourth-order valence-electron chi connectivity index (χ4n) is 3.59. The van der Waals surface area contributed by atoms with E-state index in [4.69, 9.17) is 0 Å². The van der Waals surface area contributed by atoms with Crippen LogP contribution in [0.1, 0.15) is 54.5 Å². The summed E-state index contributed by atoms with van der Waals surface area (Å²) in [5.41, 5.74) is 2.33. The molecule has 0 atom stereocenters. The van der Waals surface area contributed by atoms with Gasteiger partial charge in [0.25, 0.3) is 5.91 Å². The molecule has 1 amide bonds. The van der Waals surface area contributed by atoms with Crippen LogP contribution in [0.5, 0.6) is 0 Å². The van der Waals surface area contributed by atoms with Crippen molar-refractivity contribution in [3.63, 3.8) is 0 Å². The molecule has 4 rings (SSSR count). The number of fused-ring (bicyclic) bond motifs is 1. The van der Waals surface area contributed by atoms with E-state index in [0.717, 1.165) is 23.9 Å². The summed E-state index contributed by atoms with van der Waals surface area (Å²) in [4.78, 5) is 25.5. The minimum atomic E-state index is -0.252. The third-order valence-corrected chi connectivity index (χ3v) is 4.77. The number of carbonyl (C=O) groups is 1. The molecule has 0 bridgehead atoms. The van der Waals surface area contributed by atoms with Crippen LogP contribution < -0.4 is 5.32 Å². The maximum Gasteiger partial charge on any atom is 0.276 e. The summed E-state index contributed by atoms with van der Waals surface area (Å²) in [6, 6.07) is 10.0. The number of amides is 1. The van der Waals surface area contributed by atoms with Crippen molar-refractivity contribution < 1.29 is 4.79 Å². The predicted octanol–water partition coefficient (Wildman–Crippen LogP) is 3.89. The van der Waals surface area contributed by atoms with Gasteiger partial charge < -0.3 is 4.57 Å². The molecule has 1 fully saturated rings. The lowest BCUT2D eigenvalue weighted by molar-refractivity contribution is 0.102. The lowest BCUT2D eigenvalue weighted by Gasteiger charge is -2.25. The number of aromatic nitrogens is 4. The monoisotopic (exact) mass is 335 g/mol. The van der Waals surface area contributed by atoms with E-state index in [1.165, 1.54) is 19.3 Å². The van der Waals surface area contributed by atoms with Crippen LogP contribution in [0.3, 0.4) is 0 Å². The van der Waals surface area contributed by atoms with Crippen LogP contribution in [0.25, 0.3) is 11.0 Å². The summed E-state index contributed by atoms with van der Waals surface area (Å²) < 4.78 is 2.19. The Morgan fingerprint density at radius 1 is 1.12 bits per heavy atom. The summed E-state index contributed by atoms with van der Waals surface area (Å²) in [5.74, 6) is 0.931. The summed E-state index contributed by atoms with van der Waals surface area (Å²) in [7, 11) is 0. The van der Waals surface area contributed by atoms with Crippen molar-refractivity contribution in [3.8, 4) is 0 Å². The Hall–Kier alpha value is -2.76. The smallest absolute Gasteiger partial charge is 0.276 e. The Labute approximate surface area is 146 Å². The van der Waals surface area contributed by atoms with Crippen LogP contribution in [0, 0.1) is 6.92 Å². The van der Waals surface area contributed by atoms with Crippen molar-refractivity contribution in [1.29, 1.82) is 0 Å². The van der Waals surface area contributed by atoms with Crippen molar-refractivity contribution >= 4 is 22.9 Å². The fourth-order valence-corrected chi connectivity index (χ4v) is 3.59. The summed E-state index contributed by atoms with van der Waals surface area (Å²) in [6.45, 7) is 1.77. The van der Waals surface area contributed by atoms with Gasteiger partial charge >= 0.3 is 0 Å². The number of carbonyl (C=O) groups excluding carboxylic acids is 1. The molecule has 1 aliphatic carbocycles. The number of hydrogen-bond donors (Lipinski definition) is 1. The number of aryl methyl sites for hydroxylation is 1. The van der Waals surface area contributed by atoms with Crippen molar-refractivity contribution in [2.45, 2.75) is 45.1 Å². The zero-order valence-electron chi connectivity index (χ0n) is 14.3. The molecule has 6 nitrogen and oxygen atoms in total. The first-order valence-corrected chi connectivity index (χ1v) is 8.80. The quantitative estimate of drug-likeness (QED) is 0.788. The molecule has 2 heterocycles. The minimum absolute atomic E-state index is 0.252. The van der Waals surface area contributed by atoms with E-state index in [0.29, 0.717) is 23.5 Å². The van der Waals surface area contributed by atoms with Gasteiger partial charge in [-0.05, 0) is 38.0 Å². The highest BCUT2D eigenvalue weighted by molar-refractivity contribution is 6.02. The highest BCUT2D eigenvalue weighted by Crippen LogP contribution is 2.34. The van der Waals surface area contributed by atoms with Crippen molar-refractivity contribution in [1.82, 2.24) is 19.5 Å². The van der Waals surface area contributed by atoms with Gasteiger partial charge in [-0.2, -0.15) is 0 Å². The van der Waals surface area contributed by atoms with E-state index in [2.05, 4.69) is 30.9 Å². The number of nitrogens with zero attached hydrogens (tertiary/aromatic N) is 4. The molecule has 0 unspecified atom stereocenters. The van der Waals surface area contributed by atoms with Crippen molar-refractivity contribution in [2.24, 2.45) is 0 Å². The Morgan fingerprint density at radius 2 is 1.92 bits per heavy atom. The largest absolute Gasteiger partial charge is 0.307 e. The molecule has 1 aliphatic rings. The average Bonchev–Trinajstić information content (AvgIpc) is 3.00. The third kappa shape index (κ3) is 3.12. The maximum atomic E-state index is 12.6. The number of nitrogens with one attached hydrogen (secondary N) is 1. The molecule has 0 radical (unpaired) electrons. The van der Waals surface area contributed by atoms with Crippen LogP contribution >= 0.6 is 0 Å². The number of hydrogen-bond acceptors (Lipinski definition) is 4. The molecule has 6 heteroatoms. The first-order chi connectivity index (χ1) is 12.2. The van der Waals surface area contributed by atoms with Crippen molar-refractivity contribution in [2.75, 3.05) is 5.32 Å². The van der Waals surface area contributed by atoms with Gasteiger partial charge in [0.05, 0.1) is 11.0 Å². The van der Waals surface area contributed by atoms with Gasteiger partial charge in [0.2, 0.25) is 5.95 Å². The highest BCUT2D eigenvalue weighted by atomic mass is 16.2. The number of imidazole rings is 1. The van der Waals surface area contributed by atoms with Gasteiger partial charge in [0.1, 0.15) is 11.5 Å². The van der Waals surface area contributed by atoms with Gasteiger partial charge in [0.15, 0.2) is 0 Å². The zero-order chi connectivity index (χ0) is 17.2. The number of para-hydroxylation sites is 2. The zero-order valence-corrected chi connectivity index (χ0v) is 14.3. The topological polar surface area (TPSA) is 72.7 Å². The third-order valence-electron chi connectivity index (χ3n) is 4.77. The fraction of sp³-hybridized carbons (Fsp3) is 0.368. The lowest BCUT2D eigenvalue weighted by atomic mass is 9.95. The Bertz CT molecular complexity index is 911. The molecule has 2 aromatic heterocycles. The molecule has 3 aromatic rings. The molecular weight excluding hydrogens is 314 g/mol. The second kappa shape index (κ2) is 6.63. The number of anilines is 1. The lowest BCUT2D eigenvalue weighted by Crippen LogP contribution is -2.21. The van der Waals surface area contributed by atoms with Crippen LogP contribution in [-0.4, -0.2) is 25.4 Å². The molecule has 0 saturated heterocycles. The van der Waals surface area contributed by atoms with Gasteiger partial charge in [0, 0.05) is 12.2 Å². The molecule has 0 spiro atoms. The van der Waals surface area contributed by atoms with E-state index in [9.17, 15) is 4.79 Å². The highest BCUT2D eigenvalue weighted by Gasteiger charge is 2.23. The van der Waals surface area contributed by atoms with Crippen LogP contribution in [0.15, 0.2) is 36.5 Å². The predicted molar refractivity (Wildman–Crippen MR) is 96.6 cm³/mol. The average molecular weight is 335 g/mol. The SMILES string of the molecule is Cc1nccc(C(=O)Nc2nc3ccccc3n2C2CCCCC2)n1. The number of rotatable bonds is 3. The Morgan fingerprint density at radius 3 is 2.72 bits per heavy atom. The molecule has 1 N–H and O–H groups in total. The van der Waals surface area contributed by atoms with E-state index in [-0.39, 0.29) is 5.91 Å². The first-order valence-electron chi connectivity index (χ1n) is 8.80. The molecule has 1 saturated carbocycles. The second-order valence-corrected chi connectivity index (χ2v) is 6.53. The van der Waals surface area contributed by atoms with Crippen LogP contribution in [0.2, 0.25) is 0 Å². The van der Waals surface area contributed by atoms with Gasteiger partial charge in [-0.1, -0.05) is 31.4 Å². The van der Waals surface area contributed by atoms with Gasteiger partial charge in [-0.25, -0.2) is 15.0 Å². The second-order valence-electron chi connectivity index (χ2n) is 6.53. The summed E-state index contributed by atoms with van der Waals surface area (Å²) in [5, 5.41) is 2.96. The van der Waals surface area contributed by atoms with Gasteiger partial charge in [-0.15, -0.1) is 0 Å². The minimum Gasteiger partial charge on any atom is -0.307 e. The van der Waals surface area contributed by atoms with E-state index in [1.54, 1.807) is 19.2 Å². The van der Waals surface area contributed by atoms with Gasteiger partial charge in [-0.3, -0.25) is 10.1 Å². The van der Waals surface area contributed by atoms with Crippen LogP contribution in [0.4, 0.5) is 5.95 Å². The molecule has 0 aliphatic heterocycles. The van der Waals surface area contributed by atoms with Crippen molar-refractivity contribution in [3.05, 3.63) is 48.0 Å². The Balaban J connectivity index is 1.72. The first kappa shape index (κ1) is 15.7. The van der Waals surface area contributed by atoms with Crippen LogP contribution in [-0.2, 0) is 0 Å². The standard InChI is InChI=1S/C19H21N5O/c1-13-20-12-11-16(21-13)18(25)23-19-22-15-9-5-6-10-17(15)24(19)14-7-3-2-4-8-14/h5-6,9-12,14H,2-4,7-8H2,1H3,(H,22,23,25). The Kier molecular flexibility index (Phi) is 4.17. The summed E-state index contributed by atoms with van der Waals surface area (Å²) in [6.07, 6.45) is 7.56. The summed E-state index contributed by atoms with van der Waals surface area (Å²) >= 11 is 0. The molecule has 25 heavy (non-hydrogen) atoms. The molecule has 128 valence electrons. The van der Waals surface area contributed by atoms with E-state index >= 15 is 0 Å². The molecular formula is C19H21N5O. The molecule has 1 aromatic carbocycles. The van der Waals surface area contributed by atoms with E-state index < -0.39 is 0 Å². The number of benzene rings is 1. The maximum absolute atomic E-state index is 12.6.